The molecule has 0 bridgehead atoms. The largest absolute Gasteiger partial charge is 0.364 e. The number of hydrogen-bond donors (Lipinski definition) is 1. The first-order valence-electron chi connectivity index (χ1n) is 11.1. The molecule has 0 spiro atoms. The van der Waals surface area contributed by atoms with E-state index < -0.39 is 5.91 Å². The zero-order valence-corrected chi connectivity index (χ0v) is 19.1. The molecule has 1 aliphatic carbocycles. The Labute approximate surface area is 198 Å². The second-order valence-electron chi connectivity index (χ2n) is 8.98. The maximum Gasteiger partial charge on any atom is 0.274 e. The number of rotatable bonds is 5. The van der Waals surface area contributed by atoms with E-state index in [1.54, 1.807) is 18.2 Å². The van der Waals surface area contributed by atoms with Crippen LogP contribution in [0, 0.1) is 18.7 Å². The predicted molar refractivity (Wildman–Crippen MR) is 125 cm³/mol. The number of primary amides is 1. The van der Waals surface area contributed by atoms with Crippen LogP contribution in [0.3, 0.4) is 0 Å². The molecule has 3 heterocycles. The van der Waals surface area contributed by atoms with Gasteiger partial charge in [0.2, 0.25) is 0 Å². The molecule has 34 heavy (non-hydrogen) atoms. The summed E-state index contributed by atoms with van der Waals surface area (Å²) in [4.78, 5) is 32.9. The van der Waals surface area contributed by atoms with Crippen molar-refractivity contribution in [3.05, 3.63) is 70.2 Å². The van der Waals surface area contributed by atoms with Gasteiger partial charge in [-0.05, 0) is 61.4 Å². The number of halogens is 1. The maximum absolute atomic E-state index is 13.9. The molecule has 2 aromatic carbocycles. The van der Waals surface area contributed by atoms with Gasteiger partial charge in [-0.25, -0.2) is 9.37 Å². The van der Waals surface area contributed by atoms with E-state index >= 15 is 0 Å². The fourth-order valence-corrected chi connectivity index (χ4v) is 6.14. The Balaban J connectivity index is 1.36. The zero-order chi connectivity index (χ0) is 23.6. The highest BCUT2D eigenvalue weighted by Crippen LogP contribution is 2.50. The van der Waals surface area contributed by atoms with E-state index in [0.29, 0.717) is 39.4 Å². The quantitative estimate of drug-likeness (QED) is 0.462. The molecule has 7 nitrogen and oxygen atoms in total. The van der Waals surface area contributed by atoms with E-state index in [0.717, 1.165) is 23.4 Å². The molecule has 1 saturated heterocycles. The Morgan fingerprint density at radius 3 is 2.82 bits per heavy atom. The van der Waals surface area contributed by atoms with Crippen molar-refractivity contribution < 1.29 is 18.5 Å². The van der Waals surface area contributed by atoms with Gasteiger partial charge in [0.25, 0.3) is 11.8 Å². The lowest BCUT2D eigenvalue weighted by Gasteiger charge is -2.28. The molecule has 2 N–H and O–H groups in total. The molecule has 6 rings (SSSR count). The van der Waals surface area contributed by atoms with Crippen LogP contribution in [0.2, 0.25) is 0 Å². The second-order valence-corrected chi connectivity index (χ2v) is 10.2. The molecule has 9 heteroatoms. The summed E-state index contributed by atoms with van der Waals surface area (Å²) in [5.74, 6) is -0.670. The number of carbonyl (C=O) groups is 2. The van der Waals surface area contributed by atoms with Gasteiger partial charge in [-0.1, -0.05) is 29.4 Å². The van der Waals surface area contributed by atoms with E-state index in [-0.39, 0.29) is 29.5 Å². The van der Waals surface area contributed by atoms with Crippen LogP contribution in [0.15, 0.2) is 47.0 Å². The average molecular weight is 477 g/mol. The minimum Gasteiger partial charge on any atom is -0.364 e. The van der Waals surface area contributed by atoms with Crippen LogP contribution < -0.4 is 5.73 Å². The minimum absolute atomic E-state index is 0.0557. The van der Waals surface area contributed by atoms with E-state index in [1.165, 1.54) is 23.5 Å². The van der Waals surface area contributed by atoms with Gasteiger partial charge in [-0.15, -0.1) is 11.3 Å². The van der Waals surface area contributed by atoms with Gasteiger partial charge in [-0.3, -0.25) is 9.59 Å². The van der Waals surface area contributed by atoms with Crippen molar-refractivity contribution in [1.29, 1.82) is 0 Å². The number of piperidine rings is 1. The molecule has 2 fully saturated rings. The standard InChI is InChI=1S/C25H21FN4O3S/c1-12-28-22(23(34-12)14-5-2-6-16(26)8-14)25(32)30-17(10-15-11-18(15)30)9-13-4-3-7-19-20(13)21(24(27)31)29-33-19/h2-8,15,17-18H,9-11H2,1H3,(H2,27,31)/t15-,17-,18+/m1/s1. The van der Waals surface area contributed by atoms with E-state index in [1.807, 2.05) is 24.0 Å². The number of fused-ring (bicyclic) bond motifs is 2. The number of thiazole rings is 1. The summed E-state index contributed by atoms with van der Waals surface area (Å²) < 4.78 is 19.2. The topological polar surface area (TPSA) is 102 Å². The van der Waals surface area contributed by atoms with Crippen molar-refractivity contribution in [2.45, 2.75) is 38.3 Å². The van der Waals surface area contributed by atoms with E-state index in [2.05, 4.69) is 10.1 Å². The molecular weight excluding hydrogens is 455 g/mol. The second kappa shape index (κ2) is 7.73. The zero-order valence-electron chi connectivity index (χ0n) is 18.3. The summed E-state index contributed by atoms with van der Waals surface area (Å²) in [6, 6.07) is 11.9. The van der Waals surface area contributed by atoms with E-state index in [4.69, 9.17) is 10.3 Å². The monoisotopic (exact) mass is 476 g/mol. The van der Waals surface area contributed by atoms with Gasteiger partial charge in [-0.2, -0.15) is 0 Å². The number of amides is 2. The van der Waals surface area contributed by atoms with Crippen molar-refractivity contribution in [3.63, 3.8) is 0 Å². The Morgan fingerprint density at radius 2 is 2.03 bits per heavy atom. The van der Waals surface area contributed by atoms with Gasteiger partial charge >= 0.3 is 0 Å². The molecule has 2 aromatic heterocycles. The number of likely N-dealkylation sites (tertiary alicyclic amines) is 1. The average Bonchev–Trinajstić information content (AvgIpc) is 3.14. The van der Waals surface area contributed by atoms with Crippen LogP contribution >= 0.6 is 11.3 Å². The van der Waals surface area contributed by atoms with Gasteiger partial charge < -0.3 is 15.2 Å². The van der Waals surface area contributed by atoms with Gasteiger partial charge in [0, 0.05) is 12.1 Å². The molecule has 172 valence electrons. The predicted octanol–water partition coefficient (Wildman–Crippen LogP) is 4.34. The number of carbonyl (C=O) groups excluding carboxylic acids is 2. The SMILES string of the molecule is Cc1nc(C(=O)N2[C@H](Cc3cccc4onc(C(N)=O)c34)C[C@@H]3C[C@@H]32)c(-c2cccc(F)c2)s1. The molecule has 1 saturated carbocycles. The van der Waals surface area contributed by atoms with Crippen molar-refractivity contribution in [2.24, 2.45) is 11.7 Å². The smallest absolute Gasteiger partial charge is 0.274 e. The Kier molecular flexibility index (Phi) is 4.77. The Morgan fingerprint density at radius 1 is 1.21 bits per heavy atom. The minimum atomic E-state index is -0.647. The summed E-state index contributed by atoms with van der Waals surface area (Å²) in [7, 11) is 0. The van der Waals surface area contributed by atoms with Crippen molar-refractivity contribution in [1.82, 2.24) is 15.0 Å². The summed E-state index contributed by atoms with van der Waals surface area (Å²) in [5, 5.41) is 5.20. The lowest BCUT2D eigenvalue weighted by atomic mass is 9.97. The van der Waals surface area contributed by atoms with Crippen LogP contribution in [0.5, 0.6) is 0 Å². The molecule has 4 aromatic rings. The first-order chi connectivity index (χ1) is 16.4. The molecule has 2 aliphatic rings. The van der Waals surface area contributed by atoms with Crippen molar-refractivity contribution >= 4 is 34.1 Å². The van der Waals surface area contributed by atoms with Crippen LogP contribution in [0.4, 0.5) is 4.39 Å². The maximum atomic E-state index is 13.9. The van der Waals surface area contributed by atoms with Gasteiger partial charge in [0.1, 0.15) is 11.5 Å². The summed E-state index contributed by atoms with van der Waals surface area (Å²) in [6.07, 6.45) is 2.41. The molecule has 1 aliphatic heterocycles. The highest BCUT2D eigenvalue weighted by atomic mass is 32.1. The fraction of sp³-hybridized carbons (Fsp3) is 0.280. The number of nitrogens with two attached hydrogens (primary N) is 1. The lowest BCUT2D eigenvalue weighted by molar-refractivity contribution is 0.0695. The highest BCUT2D eigenvalue weighted by molar-refractivity contribution is 7.15. The van der Waals surface area contributed by atoms with Crippen LogP contribution in [0.25, 0.3) is 21.4 Å². The fourth-order valence-electron chi connectivity index (χ4n) is 5.23. The van der Waals surface area contributed by atoms with Crippen LogP contribution in [-0.4, -0.2) is 38.9 Å². The number of nitrogens with zero attached hydrogens (tertiary/aromatic N) is 3. The normalized spacial score (nSPS) is 21.1. The number of aromatic nitrogens is 2. The van der Waals surface area contributed by atoms with Crippen LogP contribution in [0.1, 0.15) is 44.4 Å². The number of aryl methyl sites for hydroxylation is 1. The third-order valence-corrected chi connectivity index (χ3v) is 7.76. The molecule has 3 atom stereocenters. The van der Waals surface area contributed by atoms with Crippen molar-refractivity contribution in [3.8, 4) is 10.4 Å². The highest BCUT2D eigenvalue weighted by Gasteiger charge is 2.54. The summed E-state index contributed by atoms with van der Waals surface area (Å²) in [6.45, 7) is 1.85. The Hall–Kier alpha value is -3.59. The lowest BCUT2D eigenvalue weighted by Crippen LogP contribution is -2.40. The third-order valence-electron chi connectivity index (χ3n) is 6.74. The number of benzene rings is 2. The molecule has 0 radical (unpaired) electrons. The number of hydrogen-bond acceptors (Lipinski definition) is 6. The molecular formula is C25H21FN4O3S. The summed E-state index contributed by atoms with van der Waals surface area (Å²) >= 11 is 1.39. The van der Waals surface area contributed by atoms with Gasteiger partial charge in [0.15, 0.2) is 11.3 Å². The molecule has 0 unspecified atom stereocenters. The van der Waals surface area contributed by atoms with E-state index in [9.17, 15) is 14.0 Å². The van der Waals surface area contributed by atoms with Crippen molar-refractivity contribution in [2.75, 3.05) is 0 Å². The van der Waals surface area contributed by atoms with Gasteiger partial charge in [0.05, 0.1) is 15.3 Å². The van der Waals surface area contributed by atoms with Crippen LogP contribution in [-0.2, 0) is 6.42 Å². The third kappa shape index (κ3) is 3.38. The molecule has 2 amide bonds. The first kappa shape index (κ1) is 21.0. The summed E-state index contributed by atoms with van der Waals surface area (Å²) in [5.41, 5.74) is 8.00. The Bertz CT molecular complexity index is 1460. The first-order valence-corrected chi connectivity index (χ1v) is 12.0.